The minimum atomic E-state index is 0.433. The second-order valence-electron chi connectivity index (χ2n) is 4.71. The molecule has 0 bridgehead atoms. The van der Waals surface area contributed by atoms with E-state index < -0.39 is 0 Å². The van der Waals surface area contributed by atoms with Gasteiger partial charge in [0.2, 0.25) is 0 Å². The summed E-state index contributed by atoms with van der Waals surface area (Å²) in [5.74, 6) is 0. The van der Waals surface area contributed by atoms with E-state index in [9.17, 15) is 0 Å². The largest absolute Gasteiger partial charge is 0.310 e. The van der Waals surface area contributed by atoms with Crippen molar-refractivity contribution in [3.63, 3.8) is 0 Å². The Morgan fingerprint density at radius 2 is 2.21 bits per heavy atom. The summed E-state index contributed by atoms with van der Waals surface area (Å²) in [5, 5.41) is 8.01. The summed E-state index contributed by atoms with van der Waals surface area (Å²) in [6.07, 6.45) is 7.23. The highest BCUT2D eigenvalue weighted by atomic mass is 32.1. The minimum absolute atomic E-state index is 0.433. The van der Waals surface area contributed by atoms with E-state index in [4.69, 9.17) is 0 Å². The maximum Gasteiger partial charge on any atom is 0.0327 e. The van der Waals surface area contributed by atoms with Crippen LogP contribution in [0.2, 0.25) is 0 Å². The molecule has 2 rings (SSSR count). The van der Waals surface area contributed by atoms with Crippen LogP contribution in [0.3, 0.4) is 0 Å². The first kappa shape index (κ1) is 14.2. The number of thiophene rings is 1. The molecule has 0 fully saturated rings. The quantitative estimate of drug-likeness (QED) is 0.826. The zero-order valence-electron chi connectivity index (χ0n) is 11.7. The van der Waals surface area contributed by atoms with Crippen LogP contribution in [0, 0.1) is 0 Å². The third-order valence-corrected chi connectivity index (χ3v) is 4.18. The molecule has 1 N–H and O–H groups in total. The smallest absolute Gasteiger partial charge is 0.0327 e. The molecule has 0 radical (unpaired) electrons. The summed E-state index contributed by atoms with van der Waals surface area (Å²) in [7, 11) is 0. The highest BCUT2D eigenvalue weighted by Gasteiger charge is 2.13. The fourth-order valence-corrected chi connectivity index (χ4v) is 3.14. The Morgan fingerprint density at radius 3 is 2.89 bits per heavy atom. The number of hydrogen-bond donors (Lipinski definition) is 1. The molecule has 0 amide bonds. The standard InChI is InChI=1S/C16H22N2S/c1-3-14-11-17-9-7-15(14)16(18-4-2)6-5-13-8-10-19-12-13/h7-12,16,18H,3-6H2,1-2H3. The highest BCUT2D eigenvalue weighted by molar-refractivity contribution is 7.07. The molecule has 2 nitrogen and oxygen atoms in total. The molecule has 2 heterocycles. The Hall–Kier alpha value is -1.19. The van der Waals surface area contributed by atoms with Gasteiger partial charge in [-0.25, -0.2) is 0 Å². The molecule has 0 spiro atoms. The fraction of sp³-hybridized carbons (Fsp3) is 0.438. The zero-order valence-corrected chi connectivity index (χ0v) is 12.5. The predicted octanol–water partition coefficient (Wildman–Crippen LogP) is 3.99. The van der Waals surface area contributed by atoms with E-state index in [1.165, 1.54) is 16.7 Å². The molecule has 19 heavy (non-hydrogen) atoms. The Balaban J connectivity index is 2.10. The lowest BCUT2D eigenvalue weighted by Gasteiger charge is -2.20. The van der Waals surface area contributed by atoms with Crippen molar-refractivity contribution in [2.45, 2.75) is 39.2 Å². The highest BCUT2D eigenvalue weighted by Crippen LogP contribution is 2.23. The molecule has 2 aromatic rings. The second-order valence-corrected chi connectivity index (χ2v) is 5.49. The number of pyridine rings is 1. The monoisotopic (exact) mass is 274 g/mol. The molecule has 0 aliphatic heterocycles. The average Bonchev–Trinajstić information content (AvgIpc) is 2.96. The van der Waals surface area contributed by atoms with E-state index in [1.807, 2.05) is 12.4 Å². The first-order chi connectivity index (χ1) is 9.35. The van der Waals surface area contributed by atoms with E-state index in [0.717, 1.165) is 25.8 Å². The Morgan fingerprint density at radius 1 is 1.32 bits per heavy atom. The maximum absolute atomic E-state index is 4.24. The lowest BCUT2D eigenvalue weighted by atomic mass is 9.96. The number of rotatable bonds is 7. The lowest BCUT2D eigenvalue weighted by molar-refractivity contribution is 0.511. The number of hydrogen-bond acceptors (Lipinski definition) is 3. The SMILES string of the molecule is CCNC(CCc1ccsc1)c1ccncc1CC. The van der Waals surface area contributed by atoms with Gasteiger partial charge in [-0.1, -0.05) is 13.8 Å². The molecule has 102 valence electrons. The molecule has 0 saturated carbocycles. The molecule has 0 saturated heterocycles. The van der Waals surface area contributed by atoms with Crippen molar-refractivity contribution < 1.29 is 0 Å². The van der Waals surface area contributed by atoms with E-state index in [1.54, 1.807) is 11.3 Å². The van der Waals surface area contributed by atoms with Crippen LogP contribution in [0.4, 0.5) is 0 Å². The molecule has 0 aliphatic carbocycles. The maximum atomic E-state index is 4.24. The van der Waals surface area contributed by atoms with Crippen molar-refractivity contribution in [3.8, 4) is 0 Å². The van der Waals surface area contributed by atoms with E-state index >= 15 is 0 Å². The summed E-state index contributed by atoms with van der Waals surface area (Å²) in [4.78, 5) is 4.24. The van der Waals surface area contributed by atoms with E-state index in [-0.39, 0.29) is 0 Å². The van der Waals surface area contributed by atoms with Crippen LogP contribution >= 0.6 is 11.3 Å². The van der Waals surface area contributed by atoms with Crippen LogP contribution in [0.15, 0.2) is 35.3 Å². The lowest BCUT2D eigenvalue weighted by Crippen LogP contribution is -2.22. The molecule has 3 heteroatoms. The number of aryl methyl sites for hydroxylation is 2. The van der Waals surface area contributed by atoms with E-state index in [0.29, 0.717) is 6.04 Å². The summed E-state index contributed by atoms with van der Waals surface area (Å²) in [6.45, 7) is 5.37. The van der Waals surface area contributed by atoms with E-state index in [2.05, 4.69) is 47.0 Å². The molecule has 1 atom stereocenters. The van der Waals surface area contributed by atoms with Crippen molar-refractivity contribution in [1.82, 2.24) is 10.3 Å². The topological polar surface area (TPSA) is 24.9 Å². The summed E-state index contributed by atoms with van der Waals surface area (Å²) in [5.41, 5.74) is 4.22. The van der Waals surface area contributed by atoms with Crippen molar-refractivity contribution in [1.29, 1.82) is 0 Å². The third-order valence-electron chi connectivity index (χ3n) is 3.45. The summed E-state index contributed by atoms with van der Waals surface area (Å²) < 4.78 is 0. The van der Waals surface area contributed by atoms with Gasteiger partial charge in [-0.3, -0.25) is 4.98 Å². The van der Waals surface area contributed by atoms with Crippen molar-refractivity contribution >= 4 is 11.3 Å². The molecular formula is C16H22N2S. The van der Waals surface area contributed by atoms with Gasteiger partial charge in [0.05, 0.1) is 0 Å². The minimum Gasteiger partial charge on any atom is -0.310 e. The zero-order chi connectivity index (χ0) is 13.5. The first-order valence-electron chi connectivity index (χ1n) is 7.02. The predicted molar refractivity (Wildman–Crippen MR) is 82.7 cm³/mol. The van der Waals surface area contributed by atoms with Gasteiger partial charge >= 0.3 is 0 Å². The van der Waals surface area contributed by atoms with Gasteiger partial charge in [0.25, 0.3) is 0 Å². The van der Waals surface area contributed by atoms with Crippen LogP contribution in [-0.4, -0.2) is 11.5 Å². The molecule has 1 unspecified atom stereocenters. The first-order valence-corrected chi connectivity index (χ1v) is 7.96. The van der Waals surface area contributed by atoms with Crippen LogP contribution in [-0.2, 0) is 12.8 Å². The average molecular weight is 274 g/mol. The van der Waals surface area contributed by atoms with Crippen molar-refractivity contribution in [2.24, 2.45) is 0 Å². The molecule has 0 aromatic carbocycles. The second kappa shape index (κ2) is 7.41. The van der Waals surface area contributed by atoms with Gasteiger partial charge in [-0.05, 0) is 65.4 Å². The van der Waals surface area contributed by atoms with Gasteiger partial charge in [0, 0.05) is 18.4 Å². The summed E-state index contributed by atoms with van der Waals surface area (Å²) in [6, 6.07) is 4.82. The van der Waals surface area contributed by atoms with Crippen molar-refractivity contribution in [3.05, 3.63) is 52.0 Å². The molecule has 0 aliphatic rings. The Bertz CT molecular complexity index is 479. The number of aromatic nitrogens is 1. The van der Waals surface area contributed by atoms with Gasteiger partial charge in [0.15, 0.2) is 0 Å². The Kier molecular flexibility index (Phi) is 5.55. The summed E-state index contributed by atoms with van der Waals surface area (Å²) >= 11 is 1.78. The normalized spacial score (nSPS) is 12.5. The Labute approximate surface area is 119 Å². The van der Waals surface area contributed by atoms with Gasteiger partial charge < -0.3 is 5.32 Å². The third kappa shape index (κ3) is 3.88. The van der Waals surface area contributed by atoms with Crippen LogP contribution in [0.1, 0.15) is 43.0 Å². The number of nitrogens with one attached hydrogen (secondary N) is 1. The van der Waals surface area contributed by atoms with Crippen LogP contribution in [0.5, 0.6) is 0 Å². The van der Waals surface area contributed by atoms with Crippen LogP contribution < -0.4 is 5.32 Å². The molecule has 2 aromatic heterocycles. The van der Waals surface area contributed by atoms with Gasteiger partial charge in [0.1, 0.15) is 0 Å². The van der Waals surface area contributed by atoms with Crippen LogP contribution in [0.25, 0.3) is 0 Å². The fourth-order valence-electron chi connectivity index (χ4n) is 2.43. The van der Waals surface area contributed by atoms with Gasteiger partial charge in [-0.15, -0.1) is 0 Å². The number of nitrogens with zero attached hydrogens (tertiary/aromatic N) is 1. The van der Waals surface area contributed by atoms with Crippen molar-refractivity contribution in [2.75, 3.05) is 6.54 Å². The molecular weight excluding hydrogens is 252 g/mol. The van der Waals surface area contributed by atoms with Gasteiger partial charge in [-0.2, -0.15) is 11.3 Å².